The largest absolute Gasteiger partial charge is 0.319 e. The van der Waals surface area contributed by atoms with E-state index < -0.39 is 0 Å². The molecule has 0 spiro atoms. The molecule has 1 atom stereocenters. The first-order chi connectivity index (χ1) is 9.07. The number of likely N-dealkylation sites (N-methyl/N-ethyl adjacent to an activating group) is 1. The van der Waals surface area contributed by atoms with Gasteiger partial charge in [0.2, 0.25) is 0 Å². The predicted molar refractivity (Wildman–Crippen MR) is 82.9 cm³/mol. The van der Waals surface area contributed by atoms with E-state index in [4.69, 9.17) is 0 Å². The standard InChI is InChI=1S/C17H28N2/c1-14-6-7-15(2)16(12-14)17(13-18-3)8-5-10-19(4)11-9-17/h6-7,12,18H,5,8-11,13H2,1-4H3. The van der Waals surface area contributed by atoms with Crippen LogP contribution in [0, 0.1) is 13.8 Å². The van der Waals surface area contributed by atoms with Gasteiger partial charge in [-0.1, -0.05) is 23.8 Å². The fourth-order valence-electron chi connectivity index (χ4n) is 3.52. The van der Waals surface area contributed by atoms with E-state index in [0.29, 0.717) is 5.41 Å². The van der Waals surface area contributed by atoms with Gasteiger partial charge < -0.3 is 10.2 Å². The highest BCUT2D eigenvalue weighted by Crippen LogP contribution is 2.37. The molecule has 1 aromatic carbocycles. The van der Waals surface area contributed by atoms with Crippen molar-refractivity contribution < 1.29 is 0 Å². The highest BCUT2D eigenvalue weighted by Gasteiger charge is 2.34. The SMILES string of the molecule is CNCC1(c2cc(C)ccc2C)CCCN(C)CC1. The van der Waals surface area contributed by atoms with Gasteiger partial charge in [0.05, 0.1) is 0 Å². The molecule has 0 aliphatic carbocycles. The van der Waals surface area contributed by atoms with Gasteiger partial charge in [-0.25, -0.2) is 0 Å². The molecular formula is C17H28N2. The van der Waals surface area contributed by atoms with Crippen LogP contribution in [-0.4, -0.2) is 38.6 Å². The van der Waals surface area contributed by atoms with Crippen molar-refractivity contribution >= 4 is 0 Å². The van der Waals surface area contributed by atoms with Crippen LogP contribution in [-0.2, 0) is 5.41 Å². The lowest BCUT2D eigenvalue weighted by molar-refractivity contribution is 0.321. The molecule has 1 heterocycles. The van der Waals surface area contributed by atoms with Crippen molar-refractivity contribution in [2.75, 3.05) is 33.7 Å². The zero-order chi connectivity index (χ0) is 13.9. The van der Waals surface area contributed by atoms with Crippen LogP contribution in [0.3, 0.4) is 0 Å². The van der Waals surface area contributed by atoms with Gasteiger partial charge in [-0.3, -0.25) is 0 Å². The average molecular weight is 260 g/mol. The summed E-state index contributed by atoms with van der Waals surface area (Å²) in [7, 11) is 4.33. The molecule has 1 unspecified atom stereocenters. The van der Waals surface area contributed by atoms with Crippen molar-refractivity contribution in [2.45, 2.75) is 38.5 Å². The molecule has 0 radical (unpaired) electrons. The molecule has 2 heteroatoms. The van der Waals surface area contributed by atoms with Gasteiger partial charge in [0.15, 0.2) is 0 Å². The Labute approximate surface area is 118 Å². The molecule has 0 aromatic heterocycles. The second-order valence-corrected chi connectivity index (χ2v) is 6.29. The van der Waals surface area contributed by atoms with E-state index >= 15 is 0 Å². The fourth-order valence-corrected chi connectivity index (χ4v) is 3.52. The maximum atomic E-state index is 3.45. The van der Waals surface area contributed by atoms with Crippen molar-refractivity contribution in [1.82, 2.24) is 10.2 Å². The minimum atomic E-state index is 0.315. The summed E-state index contributed by atoms with van der Waals surface area (Å²) in [5.41, 5.74) is 4.71. The third-order valence-corrected chi connectivity index (χ3v) is 4.65. The van der Waals surface area contributed by atoms with Crippen LogP contribution >= 0.6 is 0 Å². The summed E-state index contributed by atoms with van der Waals surface area (Å²) in [6.07, 6.45) is 3.85. The van der Waals surface area contributed by atoms with Crippen LogP contribution in [0.5, 0.6) is 0 Å². The van der Waals surface area contributed by atoms with E-state index in [1.54, 1.807) is 5.56 Å². The summed E-state index contributed by atoms with van der Waals surface area (Å²) in [4.78, 5) is 2.47. The summed E-state index contributed by atoms with van der Waals surface area (Å²) in [5, 5.41) is 3.45. The third kappa shape index (κ3) is 3.18. The quantitative estimate of drug-likeness (QED) is 0.899. The summed E-state index contributed by atoms with van der Waals surface area (Å²) < 4.78 is 0. The fraction of sp³-hybridized carbons (Fsp3) is 0.647. The topological polar surface area (TPSA) is 15.3 Å². The molecule has 1 N–H and O–H groups in total. The number of aryl methyl sites for hydroxylation is 2. The summed E-state index contributed by atoms with van der Waals surface area (Å²) in [6, 6.07) is 6.93. The summed E-state index contributed by atoms with van der Waals surface area (Å²) in [5.74, 6) is 0. The van der Waals surface area contributed by atoms with E-state index in [1.165, 1.54) is 43.5 Å². The smallest absolute Gasteiger partial charge is 0.00929 e. The van der Waals surface area contributed by atoms with Crippen LogP contribution in [0.2, 0.25) is 0 Å². The predicted octanol–water partition coefficient (Wildman–Crippen LogP) is 2.88. The van der Waals surface area contributed by atoms with Crippen molar-refractivity contribution in [2.24, 2.45) is 0 Å². The molecule has 106 valence electrons. The van der Waals surface area contributed by atoms with Crippen molar-refractivity contribution in [3.05, 3.63) is 34.9 Å². The van der Waals surface area contributed by atoms with Crippen molar-refractivity contribution in [1.29, 1.82) is 0 Å². The van der Waals surface area contributed by atoms with Gasteiger partial charge in [-0.2, -0.15) is 0 Å². The molecule has 0 amide bonds. The molecule has 1 fully saturated rings. The van der Waals surface area contributed by atoms with E-state index in [0.717, 1.165) is 6.54 Å². The number of likely N-dealkylation sites (tertiary alicyclic amines) is 1. The summed E-state index contributed by atoms with van der Waals surface area (Å²) >= 11 is 0. The lowest BCUT2D eigenvalue weighted by Gasteiger charge is -2.35. The highest BCUT2D eigenvalue weighted by atomic mass is 15.1. The molecule has 2 nitrogen and oxygen atoms in total. The van der Waals surface area contributed by atoms with Crippen LogP contribution < -0.4 is 5.32 Å². The minimum Gasteiger partial charge on any atom is -0.319 e. The van der Waals surface area contributed by atoms with E-state index in [2.05, 4.69) is 56.4 Å². The first-order valence-electron chi connectivity index (χ1n) is 7.48. The highest BCUT2D eigenvalue weighted by molar-refractivity contribution is 5.37. The number of nitrogens with one attached hydrogen (secondary N) is 1. The molecule has 1 aliphatic rings. The zero-order valence-electron chi connectivity index (χ0n) is 12.9. The monoisotopic (exact) mass is 260 g/mol. The van der Waals surface area contributed by atoms with Gasteiger partial charge in [-0.05, 0) is 71.4 Å². The first-order valence-corrected chi connectivity index (χ1v) is 7.48. The van der Waals surface area contributed by atoms with Crippen LogP contribution in [0.1, 0.15) is 36.0 Å². The summed E-state index contributed by atoms with van der Waals surface area (Å²) in [6.45, 7) is 8.00. The number of rotatable bonds is 3. The Bertz CT molecular complexity index is 427. The second kappa shape index (κ2) is 6.06. The zero-order valence-corrected chi connectivity index (χ0v) is 12.9. The molecule has 2 rings (SSSR count). The Hall–Kier alpha value is -0.860. The lowest BCUT2D eigenvalue weighted by Crippen LogP contribution is -2.38. The van der Waals surface area contributed by atoms with Crippen LogP contribution in [0.4, 0.5) is 0 Å². The normalized spacial score (nSPS) is 25.3. The Morgan fingerprint density at radius 1 is 1.21 bits per heavy atom. The third-order valence-electron chi connectivity index (χ3n) is 4.65. The Morgan fingerprint density at radius 3 is 2.74 bits per heavy atom. The van der Waals surface area contributed by atoms with Gasteiger partial charge in [0.1, 0.15) is 0 Å². The Morgan fingerprint density at radius 2 is 2.00 bits per heavy atom. The molecule has 0 saturated carbocycles. The van der Waals surface area contributed by atoms with E-state index in [-0.39, 0.29) is 0 Å². The Kier molecular flexibility index (Phi) is 4.64. The van der Waals surface area contributed by atoms with Crippen LogP contribution in [0.25, 0.3) is 0 Å². The van der Waals surface area contributed by atoms with E-state index in [9.17, 15) is 0 Å². The lowest BCUT2D eigenvalue weighted by atomic mass is 9.72. The number of hydrogen-bond donors (Lipinski definition) is 1. The van der Waals surface area contributed by atoms with Crippen LogP contribution in [0.15, 0.2) is 18.2 Å². The number of hydrogen-bond acceptors (Lipinski definition) is 2. The van der Waals surface area contributed by atoms with Gasteiger partial charge in [0.25, 0.3) is 0 Å². The molecule has 19 heavy (non-hydrogen) atoms. The van der Waals surface area contributed by atoms with E-state index in [1.807, 2.05) is 0 Å². The van der Waals surface area contributed by atoms with Gasteiger partial charge in [0, 0.05) is 12.0 Å². The van der Waals surface area contributed by atoms with Crippen molar-refractivity contribution in [3.8, 4) is 0 Å². The number of benzene rings is 1. The molecular weight excluding hydrogens is 232 g/mol. The molecule has 1 aromatic rings. The van der Waals surface area contributed by atoms with Gasteiger partial charge in [-0.15, -0.1) is 0 Å². The maximum Gasteiger partial charge on any atom is 0.00929 e. The Balaban J connectivity index is 2.39. The van der Waals surface area contributed by atoms with Gasteiger partial charge >= 0.3 is 0 Å². The maximum absolute atomic E-state index is 3.45. The second-order valence-electron chi connectivity index (χ2n) is 6.29. The minimum absolute atomic E-state index is 0.315. The molecule has 1 aliphatic heterocycles. The molecule has 1 saturated heterocycles. The number of nitrogens with zero attached hydrogens (tertiary/aromatic N) is 1. The van der Waals surface area contributed by atoms with Crippen molar-refractivity contribution in [3.63, 3.8) is 0 Å². The first kappa shape index (κ1) is 14.5. The molecule has 0 bridgehead atoms. The average Bonchev–Trinajstić information content (AvgIpc) is 2.56.